The summed E-state index contributed by atoms with van der Waals surface area (Å²) in [7, 11) is -4.18. The van der Waals surface area contributed by atoms with Crippen LogP contribution in [0.1, 0.15) is 41.2 Å². The van der Waals surface area contributed by atoms with Gasteiger partial charge >= 0.3 is 0 Å². The number of amides is 2. The maximum absolute atomic E-state index is 14.6. The van der Waals surface area contributed by atoms with Crippen LogP contribution in [0.3, 0.4) is 0 Å². The molecule has 2 amide bonds. The van der Waals surface area contributed by atoms with Gasteiger partial charge in [0.1, 0.15) is 12.6 Å². The standard InChI is InChI=1S/C36H40ClN3O4S/c1-5-22-38-36(42)34(23-29-13-7-6-8-14-29)39(24-30-15-9-10-16-32(30)37)35(41)25-40(33-17-11-12-27(3)28(33)4)45(43,44)31-20-18-26(2)19-21-31/h6-21,34H,5,22-25H2,1-4H3,(H,38,42)/t34-/m0/s1. The van der Waals surface area contributed by atoms with E-state index in [1.807, 2.05) is 70.2 Å². The lowest BCUT2D eigenvalue weighted by Crippen LogP contribution is -2.53. The van der Waals surface area contributed by atoms with Crippen molar-refractivity contribution in [2.45, 2.75) is 58.0 Å². The van der Waals surface area contributed by atoms with Crippen molar-refractivity contribution in [1.29, 1.82) is 0 Å². The average Bonchev–Trinajstić information content (AvgIpc) is 3.03. The molecule has 0 radical (unpaired) electrons. The topological polar surface area (TPSA) is 86.8 Å². The summed E-state index contributed by atoms with van der Waals surface area (Å²) in [6.45, 7) is 7.51. The summed E-state index contributed by atoms with van der Waals surface area (Å²) in [5, 5.41) is 3.40. The fourth-order valence-corrected chi connectivity index (χ4v) is 6.75. The van der Waals surface area contributed by atoms with Gasteiger partial charge < -0.3 is 10.2 Å². The summed E-state index contributed by atoms with van der Waals surface area (Å²) in [6, 6.07) is 27.6. The number of nitrogens with one attached hydrogen (secondary N) is 1. The zero-order valence-electron chi connectivity index (χ0n) is 26.2. The second kappa shape index (κ2) is 15.2. The number of hydrogen-bond acceptors (Lipinski definition) is 4. The summed E-state index contributed by atoms with van der Waals surface area (Å²) in [6.07, 6.45) is 0.957. The summed E-state index contributed by atoms with van der Waals surface area (Å²) in [5.41, 5.74) is 4.45. The molecular formula is C36H40ClN3O4S. The fourth-order valence-electron chi connectivity index (χ4n) is 5.09. The summed E-state index contributed by atoms with van der Waals surface area (Å²) >= 11 is 6.56. The van der Waals surface area contributed by atoms with Crippen molar-refractivity contribution in [3.05, 3.63) is 130 Å². The molecule has 1 N–H and O–H groups in total. The molecule has 0 fully saturated rings. The molecule has 0 aliphatic heterocycles. The number of halogens is 1. The molecular weight excluding hydrogens is 606 g/mol. The zero-order valence-corrected chi connectivity index (χ0v) is 27.7. The third-order valence-corrected chi connectivity index (χ3v) is 9.99. The smallest absolute Gasteiger partial charge is 0.264 e. The van der Waals surface area contributed by atoms with Gasteiger partial charge in [-0.25, -0.2) is 8.42 Å². The van der Waals surface area contributed by atoms with Crippen molar-refractivity contribution in [2.24, 2.45) is 0 Å². The Labute approximate surface area is 271 Å². The molecule has 0 aliphatic carbocycles. The van der Waals surface area contributed by atoms with Crippen LogP contribution in [0, 0.1) is 20.8 Å². The lowest BCUT2D eigenvalue weighted by Gasteiger charge is -2.34. The molecule has 4 rings (SSSR count). The van der Waals surface area contributed by atoms with Gasteiger partial charge in [-0.2, -0.15) is 0 Å². The number of sulfonamides is 1. The van der Waals surface area contributed by atoms with Crippen molar-refractivity contribution < 1.29 is 18.0 Å². The molecule has 0 saturated carbocycles. The molecule has 0 heterocycles. The van der Waals surface area contributed by atoms with Crippen LogP contribution in [0.2, 0.25) is 5.02 Å². The minimum absolute atomic E-state index is 0.0147. The molecule has 1 atom stereocenters. The Morgan fingerprint density at radius 1 is 0.844 bits per heavy atom. The molecule has 7 nitrogen and oxygen atoms in total. The molecule has 0 saturated heterocycles. The van der Waals surface area contributed by atoms with E-state index in [2.05, 4.69) is 5.32 Å². The number of rotatable bonds is 13. The predicted molar refractivity (Wildman–Crippen MR) is 181 cm³/mol. The van der Waals surface area contributed by atoms with Crippen LogP contribution >= 0.6 is 11.6 Å². The number of nitrogens with zero attached hydrogens (tertiary/aromatic N) is 2. The number of anilines is 1. The van der Waals surface area contributed by atoms with Gasteiger partial charge in [-0.3, -0.25) is 13.9 Å². The third kappa shape index (κ3) is 8.32. The van der Waals surface area contributed by atoms with Gasteiger partial charge in [-0.1, -0.05) is 96.9 Å². The summed E-state index contributed by atoms with van der Waals surface area (Å²) in [4.78, 5) is 29.9. The van der Waals surface area contributed by atoms with Crippen molar-refractivity contribution in [2.75, 3.05) is 17.4 Å². The van der Waals surface area contributed by atoms with Crippen LogP contribution in [0.25, 0.3) is 0 Å². The van der Waals surface area contributed by atoms with Gasteiger partial charge in [0.15, 0.2) is 0 Å². The molecule has 4 aromatic rings. The lowest BCUT2D eigenvalue weighted by atomic mass is 10.0. The van der Waals surface area contributed by atoms with Crippen LogP contribution < -0.4 is 9.62 Å². The Balaban J connectivity index is 1.83. The highest BCUT2D eigenvalue weighted by molar-refractivity contribution is 7.92. The molecule has 4 aromatic carbocycles. The van der Waals surface area contributed by atoms with Gasteiger partial charge in [-0.05, 0) is 73.7 Å². The van der Waals surface area contributed by atoms with Crippen molar-refractivity contribution in [3.63, 3.8) is 0 Å². The number of carbonyl (C=O) groups excluding carboxylic acids is 2. The Kier molecular flexibility index (Phi) is 11.4. The summed E-state index contributed by atoms with van der Waals surface area (Å²) in [5.74, 6) is -0.847. The van der Waals surface area contributed by atoms with E-state index in [-0.39, 0.29) is 23.8 Å². The second-order valence-electron chi connectivity index (χ2n) is 11.2. The van der Waals surface area contributed by atoms with Gasteiger partial charge in [0, 0.05) is 24.5 Å². The first kappa shape index (κ1) is 33.7. The lowest BCUT2D eigenvalue weighted by molar-refractivity contribution is -0.140. The van der Waals surface area contributed by atoms with Crippen LogP contribution in [0.5, 0.6) is 0 Å². The number of benzene rings is 4. The third-order valence-electron chi connectivity index (χ3n) is 7.85. The fraction of sp³-hybridized carbons (Fsp3) is 0.278. The first-order valence-electron chi connectivity index (χ1n) is 15.0. The SMILES string of the molecule is CCCNC(=O)[C@H](Cc1ccccc1)N(Cc1ccccc1Cl)C(=O)CN(c1cccc(C)c1C)S(=O)(=O)c1ccc(C)cc1. The van der Waals surface area contributed by atoms with Gasteiger partial charge in [0.25, 0.3) is 10.0 Å². The Morgan fingerprint density at radius 3 is 2.18 bits per heavy atom. The van der Waals surface area contributed by atoms with Crippen LogP contribution in [-0.2, 0) is 32.6 Å². The highest BCUT2D eigenvalue weighted by Gasteiger charge is 2.35. The first-order chi connectivity index (χ1) is 21.5. The molecule has 0 aliphatic rings. The highest BCUT2D eigenvalue weighted by Crippen LogP contribution is 2.30. The van der Waals surface area contributed by atoms with E-state index in [1.165, 1.54) is 4.90 Å². The van der Waals surface area contributed by atoms with Crippen molar-refractivity contribution >= 4 is 39.1 Å². The molecule has 0 unspecified atom stereocenters. The largest absolute Gasteiger partial charge is 0.354 e. The molecule has 9 heteroatoms. The van der Waals surface area contributed by atoms with Gasteiger partial charge in [0.2, 0.25) is 11.8 Å². The van der Waals surface area contributed by atoms with Crippen LogP contribution in [0.4, 0.5) is 5.69 Å². The van der Waals surface area contributed by atoms with E-state index < -0.39 is 28.5 Å². The van der Waals surface area contributed by atoms with E-state index in [9.17, 15) is 18.0 Å². The van der Waals surface area contributed by atoms with E-state index in [4.69, 9.17) is 11.6 Å². The average molecular weight is 646 g/mol. The van der Waals surface area contributed by atoms with E-state index in [0.29, 0.717) is 22.8 Å². The highest BCUT2D eigenvalue weighted by atomic mass is 35.5. The Morgan fingerprint density at radius 2 is 1.51 bits per heavy atom. The van der Waals surface area contributed by atoms with E-state index in [1.54, 1.807) is 54.6 Å². The molecule has 0 aromatic heterocycles. The number of aryl methyl sites for hydroxylation is 2. The summed E-state index contributed by atoms with van der Waals surface area (Å²) < 4.78 is 29.7. The van der Waals surface area contributed by atoms with Crippen LogP contribution in [-0.4, -0.2) is 44.3 Å². The Bertz CT molecular complexity index is 1730. The van der Waals surface area contributed by atoms with E-state index in [0.717, 1.165) is 33.0 Å². The van der Waals surface area contributed by atoms with Crippen molar-refractivity contribution in [3.8, 4) is 0 Å². The Hall–Kier alpha value is -4.14. The molecule has 0 bridgehead atoms. The van der Waals surface area contributed by atoms with Gasteiger partial charge in [-0.15, -0.1) is 0 Å². The van der Waals surface area contributed by atoms with E-state index >= 15 is 0 Å². The van der Waals surface area contributed by atoms with Gasteiger partial charge in [0.05, 0.1) is 10.6 Å². The number of carbonyl (C=O) groups is 2. The maximum atomic E-state index is 14.6. The quantitative estimate of drug-likeness (QED) is 0.177. The predicted octanol–water partition coefficient (Wildman–Crippen LogP) is 6.63. The van der Waals surface area contributed by atoms with Crippen LogP contribution in [0.15, 0.2) is 102 Å². The van der Waals surface area contributed by atoms with Crippen molar-refractivity contribution in [1.82, 2.24) is 10.2 Å². The molecule has 45 heavy (non-hydrogen) atoms. The second-order valence-corrected chi connectivity index (χ2v) is 13.4. The molecule has 0 spiro atoms. The maximum Gasteiger partial charge on any atom is 0.264 e. The first-order valence-corrected chi connectivity index (χ1v) is 16.8. The minimum Gasteiger partial charge on any atom is -0.354 e. The minimum atomic E-state index is -4.18. The normalized spacial score (nSPS) is 11.9. The zero-order chi connectivity index (χ0) is 32.6. The monoisotopic (exact) mass is 645 g/mol. The molecule has 236 valence electrons. The number of hydrogen-bond donors (Lipinski definition) is 1.